The van der Waals surface area contributed by atoms with E-state index in [9.17, 15) is 4.79 Å². The van der Waals surface area contributed by atoms with Gasteiger partial charge in [0.15, 0.2) is 0 Å². The molecule has 3 aromatic heterocycles. The van der Waals surface area contributed by atoms with Crippen LogP contribution in [0, 0.1) is 0 Å². The summed E-state index contributed by atoms with van der Waals surface area (Å²) in [7, 11) is 2.18. The van der Waals surface area contributed by atoms with Crippen LogP contribution >= 0.6 is 0 Å². The predicted octanol–water partition coefficient (Wildman–Crippen LogP) is 2.80. The molecule has 0 amide bonds. The first kappa shape index (κ1) is 19.5. The Kier molecular flexibility index (Phi) is 5.23. The predicted molar refractivity (Wildman–Crippen MR) is 122 cm³/mol. The van der Waals surface area contributed by atoms with E-state index in [0.717, 1.165) is 60.6 Å². The number of anilines is 2. The van der Waals surface area contributed by atoms with Crippen LogP contribution in [0.2, 0.25) is 0 Å². The highest BCUT2D eigenvalue weighted by Crippen LogP contribution is 2.33. The SMILES string of the molecule is CN1CCN(Cc2ccc(-c3c[nH]c4ncnc(Nc5ccc(=O)[nH]c5)c34)cc2)CC1. The Morgan fingerprint density at radius 1 is 0.968 bits per heavy atom. The Bertz CT molecular complexity index is 1220. The normalized spacial score (nSPS) is 15.4. The van der Waals surface area contributed by atoms with E-state index in [4.69, 9.17) is 0 Å². The second kappa shape index (κ2) is 8.33. The number of nitrogens with zero attached hydrogens (tertiary/aromatic N) is 4. The number of nitrogens with one attached hydrogen (secondary N) is 3. The van der Waals surface area contributed by atoms with Crippen LogP contribution in [-0.2, 0) is 6.54 Å². The quantitative estimate of drug-likeness (QED) is 0.464. The van der Waals surface area contributed by atoms with E-state index in [0.29, 0.717) is 5.82 Å². The molecule has 0 unspecified atom stereocenters. The summed E-state index contributed by atoms with van der Waals surface area (Å²) >= 11 is 0. The van der Waals surface area contributed by atoms with Crippen LogP contribution < -0.4 is 10.9 Å². The number of aromatic amines is 2. The number of fused-ring (bicyclic) bond motifs is 1. The maximum atomic E-state index is 11.3. The average Bonchev–Trinajstić information content (AvgIpc) is 3.23. The van der Waals surface area contributed by atoms with Crippen LogP contribution in [0.1, 0.15) is 5.56 Å². The lowest BCUT2D eigenvalue weighted by molar-refractivity contribution is 0.148. The number of likely N-dealkylation sites (N-methyl/N-ethyl adjacent to an activating group) is 1. The minimum Gasteiger partial charge on any atom is -0.345 e. The third-order valence-electron chi connectivity index (χ3n) is 5.78. The molecule has 0 spiro atoms. The molecule has 3 N–H and O–H groups in total. The molecule has 0 bridgehead atoms. The fourth-order valence-electron chi connectivity index (χ4n) is 3.96. The van der Waals surface area contributed by atoms with Crippen LogP contribution in [0.5, 0.6) is 0 Å². The van der Waals surface area contributed by atoms with Crippen molar-refractivity contribution in [2.75, 3.05) is 38.5 Å². The molecular weight excluding hydrogens is 390 g/mol. The van der Waals surface area contributed by atoms with E-state index in [1.165, 1.54) is 18.0 Å². The lowest BCUT2D eigenvalue weighted by Crippen LogP contribution is -2.43. The van der Waals surface area contributed by atoms with Crippen molar-refractivity contribution < 1.29 is 0 Å². The Morgan fingerprint density at radius 3 is 2.52 bits per heavy atom. The standard InChI is InChI=1S/C23H25N7O/c1-29-8-10-30(11-9-29)14-16-2-4-17(5-3-16)19-13-25-22-21(19)23(27-15-26-22)28-18-6-7-20(31)24-12-18/h2-7,12-13,15H,8-11,14H2,1H3,(H,24,31)(H2,25,26,27,28). The van der Waals surface area contributed by atoms with Gasteiger partial charge in [0.25, 0.3) is 0 Å². The van der Waals surface area contributed by atoms with Gasteiger partial charge in [0.2, 0.25) is 5.56 Å². The molecule has 8 heteroatoms. The molecule has 0 radical (unpaired) electrons. The van der Waals surface area contributed by atoms with Gasteiger partial charge < -0.3 is 20.2 Å². The summed E-state index contributed by atoms with van der Waals surface area (Å²) < 4.78 is 0. The highest BCUT2D eigenvalue weighted by molar-refractivity contribution is 6.01. The number of benzene rings is 1. The zero-order valence-corrected chi connectivity index (χ0v) is 17.4. The summed E-state index contributed by atoms with van der Waals surface area (Å²) in [6.07, 6.45) is 5.12. The lowest BCUT2D eigenvalue weighted by atomic mass is 10.0. The van der Waals surface area contributed by atoms with Gasteiger partial charge in [-0.3, -0.25) is 9.69 Å². The van der Waals surface area contributed by atoms with Crippen LogP contribution in [0.4, 0.5) is 11.5 Å². The Balaban J connectivity index is 1.41. The maximum absolute atomic E-state index is 11.3. The molecule has 1 aliphatic heterocycles. The van der Waals surface area contributed by atoms with Crippen LogP contribution in [0.25, 0.3) is 22.2 Å². The van der Waals surface area contributed by atoms with E-state index >= 15 is 0 Å². The summed E-state index contributed by atoms with van der Waals surface area (Å²) in [6, 6.07) is 11.9. The Morgan fingerprint density at radius 2 is 1.77 bits per heavy atom. The van der Waals surface area contributed by atoms with Gasteiger partial charge in [0.1, 0.15) is 17.8 Å². The summed E-state index contributed by atoms with van der Waals surface area (Å²) in [6.45, 7) is 5.44. The molecule has 4 aromatic rings. The highest BCUT2D eigenvalue weighted by Gasteiger charge is 2.15. The Hall–Kier alpha value is -3.49. The zero-order valence-electron chi connectivity index (χ0n) is 17.4. The smallest absolute Gasteiger partial charge is 0.248 e. The fraction of sp³-hybridized carbons (Fsp3) is 0.261. The topological polar surface area (TPSA) is 92.9 Å². The fourth-order valence-corrected chi connectivity index (χ4v) is 3.96. The van der Waals surface area contributed by atoms with Gasteiger partial charge in [-0.25, -0.2) is 9.97 Å². The van der Waals surface area contributed by atoms with Crippen molar-refractivity contribution in [1.29, 1.82) is 0 Å². The van der Waals surface area contributed by atoms with Gasteiger partial charge in [-0.1, -0.05) is 24.3 Å². The van der Waals surface area contributed by atoms with E-state index in [-0.39, 0.29) is 5.56 Å². The van der Waals surface area contributed by atoms with Gasteiger partial charge in [-0.2, -0.15) is 0 Å². The molecule has 158 valence electrons. The largest absolute Gasteiger partial charge is 0.345 e. The highest BCUT2D eigenvalue weighted by atomic mass is 16.1. The van der Waals surface area contributed by atoms with E-state index in [2.05, 4.69) is 66.4 Å². The van der Waals surface area contributed by atoms with E-state index in [1.807, 2.05) is 6.20 Å². The van der Waals surface area contributed by atoms with Gasteiger partial charge in [-0.05, 0) is 24.2 Å². The first-order valence-corrected chi connectivity index (χ1v) is 10.4. The first-order chi connectivity index (χ1) is 15.2. The molecule has 0 atom stereocenters. The number of hydrogen-bond donors (Lipinski definition) is 3. The van der Waals surface area contributed by atoms with Crippen molar-refractivity contribution in [3.05, 3.63) is 71.0 Å². The second-order valence-electron chi connectivity index (χ2n) is 7.99. The third-order valence-corrected chi connectivity index (χ3v) is 5.78. The molecule has 5 rings (SSSR count). The minimum absolute atomic E-state index is 0.141. The molecule has 1 fully saturated rings. The third kappa shape index (κ3) is 4.21. The van der Waals surface area contributed by atoms with Crippen molar-refractivity contribution in [2.24, 2.45) is 0 Å². The lowest BCUT2D eigenvalue weighted by Gasteiger charge is -2.32. The number of rotatable bonds is 5. The summed E-state index contributed by atoms with van der Waals surface area (Å²) in [4.78, 5) is 30.9. The van der Waals surface area contributed by atoms with Crippen molar-refractivity contribution in [2.45, 2.75) is 6.54 Å². The van der Waals surface area contributed by atoms with Crippen LogP contribution in [0.15, 0.2) is 59.9 Å². The minimum atomic E-state index is -0.141. The molecular formula is C23H25N7O. The van der Waals surface area contributed by atoms with Crippen molar-refractivity contribution in [3.8, 4) is 11.1 Å². The van der Waals surface area contributed by atoms with Crippen molar-refractivity contribution >= 4 is 22.5 Å². The van der Waals surface area contributed by atoms with E-state index < -0.39 is 0 Å². The number of pyridine rings is 1. The summed E-state index contributed by atoms with van der Waals surface area (Å²) in [5, 5.41) is 4.20. The van der Waals surface area contributed by atoms with Crippen LogP contribution in [-0.4, -0.2) is 63.0 Å². The molecule has 1 aromatic carbocycles. The summed E-state index contributed by atoms with van der Waals surface area (Å²) in [5.74, 6) is 0.690. The molecule has 8 nitrogen and oxygen atoms in total. The molecule has 31 heavy (non-hydrogen) atoms. The van der Waals surface area contributed by atoms with Gasteiger partial charge >= 0.3 is 0 Å². The zero-order chi connectivity index (χ0) is 21.2. The van der Waals surface area contributed by atoms with Gasteiger partial charge in [0, 0.05) is 56.7 Å². The van der Waals surface area contributed by atoms with Gasteiger partial charge in [-0.15, -0.1) is 0 Å². The maximum Gasteiger partial charge on any atom is 0.248 e. The van der Waals surface area contributed by atoms with Gasteiger partial charge in [0.05, 0.1) is 11.1 Å². The monoisotopic (exact) mass is 415 g/mol. The average molecular weight is 416 g/mol. The molecule has 1 aliphatic rings. The van der Waals surface area contributed by atoms with E-state index in [1.54, 1.807) is 12.3 Å². The molecule has 0 saturated carbocycles. The second-order valence-corrected chi connectivity index (χ2v) is 7.99. The summed E-state index contributed by atoms with van der Waals surface area (Å²) in [5.41, 5.74) is 4.84. The molecule has 4 heterocycles. The molecule has 1 saturated heterocycles. The number of aromatic nitrogens is 4. The Labute approximate surface area is 180 Å². The van der Waals surface area contributed by atoms with Crippen molar-refractivity contribution in [3.63, 3.8) is 0 Å². The van der Waals surface area contributed by atoms with Crippen molar-refractivity contribution in [1.82, 2.24) is 29.7 Å². The van der Waals surface area contributed by atoms with Crippen LogP contribution in [0.3, 0.4) is 0 Å². The first-order valence-electron chi connectivity index (χ1n) is 10.4. The number of piperazine rings is 1. The number of H-pyrrole nitrogens is 2. The number of hydrogen-bond acceptors (Lipinski definition) is 6. The molecule has 0 aliphatic carbocycles.